The van der Waals surface area contributed by atoms with Crippen LogP contribution in [0.15, 0.2) is 24.3 Å². The van der Waals surface area contributed by atoms with Crippen LogP contribution in [0.1, 0.15) is 30.7 Å². The lowest BCUT2D eigenvalue weighted by Gasteiger charge is -2.25. The molecule has 1 unspecified atom stereocenters. The molecular weight excluding hydrogens is 226 g/mol. The van der Waals surface area contributed by atoms with Crippen molar-refractivity contribution < 1.29 is 9.47 Å². The zero-order valence-electron chi connectivity index (χ0n) is 11.2. The van der Waals surface area contributed by atoms with E-state index in [9.17, 15) is 0 Å². The van der Waals surface area contributed by atoms with E-state index in [1.807, 2.05) is 6.07 Å². The Bertz CT molecular complexity index is 354. The van der Waals surface area contributed by atoms with Crippen LogP contribution in [0.5, 0.6) is 5.75 Å². The normalized spacial score (nSPS) is 18.2. The molecule has 1 aliphatic heterocycles. The van der Waals surface area contributed by atoms with Gasteiger partial charge in [-0.05, 0) is 43.4 Å². The first kappa shape index (κ1) is 13.4. The molecule has 0 saturated heterocycles. The zero-order chi connectivity index (χ0) is 12.6. The molecule has 0 aliphatic carbocycles. The lowest BCUT2D eigenvalue weighted by molar-refractivity contribution is 0.199. The molecule has 18 heavy (non-hydrogen) atoms. The first-order chi connectivity index (χ1) is 8.92. The van der Waals surface area contributed by atoms with Crippen molar-refractivity contribution in [3.05, 3.63) is 29.8 Å². The molecule has 0 bridgehead atoms. The first-order valence-corrected chi connectivity index (χ1v) is 6.83. The third-order valence-electron chi connectivity index (χ3n) is 3.47. The second-order valence-electron chi connectivity index (χ2n) is 4.76. The summed E-state index contributed by atoms with van der Waals surface area (Å²) < 4.78 is 10.7. The molecule has 1 heterocycles. The van der Waals surface area contributed by atoms with Crippen molar-refractivity contribution in [1.82, 2.24) is 5.32 Å². The van der Waals surface area contributed by atoms with Gasteiger partial charge in [-0.1, -0.05) is 18.2 Å². The van der Waals surface area contributed by atoms with Crippen LogP contribution in [-0.4, -0.2) is 33.4 Å². The van der Waals surface area contributed by atoms with E-state index < -0.39 is 0 Å². The van der Waals surface area contributed by atoms with Crippen molar-refractivity contribution in [1.29, 1.82) is 0 Å². The van der Waals surface area contributed by atoms with Gasteiger partial charge in [0.05, 0.1) is 13.2 Å². The molecule has 2 rings (SSSR count). The van der Waals surface area contributed by atoms with Crippen LogP contribution in [0.25, 0.3) is 0 Å². The zero-order valence-corrected chi connectivity index (χ0v) is 11.2. The Morgan fingerprint density at radius 3 is 3.11 bits per heavy atom. The van der Waals surface area contributed by atoms with E-state index in [1.54, 1.807) is 7.11 Å². The molecular formula is C15H23NO2. The number of rotatable bonds is 7. The maximum atomic E-state index is 5.68. The summed E-state index contributed by atoms with van der Waals surface area (Å²) in [4.78, 5) is 0. The van der Waals surface area contributed by atoms with Crippen LogP contribution in [0.2, 0.25) is 0 Å². The van der Waals surface area contributed by atoms with Crippen molar-refractivity contribution in [2.75, 3.05) is 33.4 Å². The van der Waals surface area contributed by atoms with Gasteiger partial charge in [-0.15, -0.1) is 0 Å². The number of nitrogens with one attached hydrogen (secondary N) is 1. The number of hydrogen-bond donors (Lipinski definition) is 1. The highest BCUT2D eigenvalue weighted by Crippen LogP contribution is 2.35. The smallest absolute Gasteiger partial charge is 0.122 e. The lowest BCUT2D eigenvalue weighted by Crippen LogP contribution is -2.21. The molecule has 3 heteroatoms. The Morgan fingerprint density at radius 1 is 1.33 bits per heavy atom. The standard InChI is InChI=1S/C15H23NO2/c1-17-12-10-16-9-4-5-13-8-11-18-15-7-3-2-6-14(13)15/h2-3,6-7,13,16H,4-5,8-12H2,1H3. The SMILES string of the molecule is COCCNCCCC1CCOc2ccccc21. The highest BCUT2D eigenvalue weighted by Gasteiger charge is 2.20. The van der Waals surface area contributed by atoms with Gasteiger partial charge in [0.15, 0.2) is 0 Å². The molecule has 1 N–H and O–H groups in total. The summed E-state index contributed by atoms with van der Waals surface area (Å²) in [7, 11) is 1.74. The fourth-order valence-corrected chi connectivity index (χ4v) is 2.49. The minimum Gasteiger partial charge on any atom is -0.493 e. The fourth-order valence-electron chi connectivity index (χ4n) is 2.49. The average Bonchev–Trinajstić information content (AvgIpc) is 2.43. The highest BCUT2D eigenvalue weighted by atomic mass is 16.5. The van der Waals surface area contributed by atoms with E-state index in [0.717, 1.165) is 38.5 Å². The number of fused-ring (bicyclic) bond motifs is 1. The quantitative estimate of drug-likeness (QED) is 0.753. The number of ether oxygens (including phenoxy) is 2. The van der Waals surface area contributed by atoms with Gasteiger partial charge in [-0.25, -0.2) is 0 Å². The maximum Gasteiger partial charge on any atom is 0.122 e. The Kier molecular flexibility index (Phi) is 5.49. The van der Waals surface area contributed by atoms with Gasteiger partial charge in [-0.3, -0.25) is 0 Å². The van der Waals surface area contributed by atoms with Crippen LogP contribution in [0.3, 0.4) is 0 Å². The van der Waals surface area contributed by atoms with E-state index in [-0.39, 0.29) is 0 Å². The minimum absolute atomic E-state index is 0.666. The van der Waals surface area contributed by atoms with Crippen LogP contribution in [0.4, 0.5) is 0 Å². The Labute approximate surface area is 109 Å². The van der Waals surface area contributed by atoms with E-state index in [1.165, 1.54) is 18.4 Å². The van der Waals surface area contributed by atoms with Crippen molar-refractivity contribution >= 4 is 0 Å². The minimum atomic E-state index is 0.666. The van der Waals surface area contributed by atoms with Crippen LogP contribution in [0, 0.1) is 0 Å². The average molecular weight is 249 g/mol. The number of para-hydroxylation sites is 1. The van der Waals surface area contributed by atoms with Gasteiger partial charge in [0.1, 0.15) is 5.75 Å². The summed E-state index contributed by atoms with van der Waals surface area (Å²) in [5.74, 6) is 1.75. The third kappa shape index (κ3) is 3.72. The number of benzene rings is 1. The molecule has 0 amide bonds. The van der Waals surface area contributed by atoms with E-state index >= 15 is 0 Å². The maximum absolute atomic E-state index is 5.68. The predicted molar refractivity (Wildman–Crippen MR) is 73.3 cm³/mol. The van der Waals surface area contributed by atoms with Crippen LogP contribution < -0.4 is 10.1 Å². The second kappa shape index (κ2) is 7.39. The van der Waals surface area contributed by atoms with Gasteiger partial charge in [0.25, 0.3) is 0 Å². The monoisotopic (exact) mass is 249 g/mol. The molecule has 3 nitrogen and oxygen atoms in total. The Morgan fingerprint density at radius 2 is 2.22 bits per heavy atom. The van der Waals surface area contributed by atoms with Crippen molar-refractivity contribution in [2.24, 2.45) is 0 Å². The lowest BCUT2D eigenvalue weighted by atomic mass is 9.89. The van der Waals surface area contributed by atoms with Gasteiger partial charge in [0.2, 0.25) is 0 Å². The predicted octanol–water partition coefficient (Wildman–Crippen LogP) is 2.57. The van der Waals surface area contributed by atoms with Crippen LogP contribution in [-0.2, 0) is 4.74 Å². The molecule has 1 aromatic rings. The number of hydrogen-bond acceptors (Lipinski definition) is 3. The molecule has 0 spiro atoms. The van der Waals surface area contributed by atoms with Crippen molar-refractivity contribution in [3.8, 4) is 5.75 Å². The summed E-state index contributed by atoms with van der Waals surface area (Å²) in [6.45, 7) is 3.67. The fraction of sp³-hybridized carbons (Fsp3) is 0.600. The Hall–Kier alpha value is -1.06. The molecule has 100 valence electrons. The topological polar surface area (TPSA) is 30.5 Å². The van der Waals surface area contributed by atoms with Gasteiger partial charge < -0.3 is 14.8 Å². The summed E-state index contributed by atoms with van der Waals surface area (Å²) in [5, 5.41) is 3.39. The second-order valence-corrected chi connectivity index (χ2v) is 4.76. The third-order valence-corrected chi connectivity index (χ3v) is 3.47. The van der Waals surface area contributed by atoms with Crippen LogP contribution >= 0.6 is 0 Å². The molecule has 1 aliphatic rings. The summed E-state index contributed by atoms with van der Waals surface area (Å²) in [5.41, 5.74) is 1.39. The Balaban J connectivity index is 1.74. The molecule has 0 radical (unpaired) electrons. The van der Waals surface area contributed by atoms with Gasteiger partial charge in [-0.2, -0.15) is 0 Å². The summed E-state index contributed by atoms with van der Waals surface area (Å²) >= 11 is 0. The molecule has 0 saturated carbocycles. The summed E-state index contributed by atoms with van der Waals surface area (Å²) in [6, 6.07) is 8.45. The molecule has 0 fully saturated rings. The number of methoxy groups -OCH3 is 1. The highest BCUT2D eigenvalue weighted by molar-refractivity contribution is 5.37. The van der Waals surface area contributed by atoms with E-state index in [2.05, 4.69) is 23.5 Å². The largest absolute Gasteiger partial charge is 0.493 e. The molecule has 0 aromatic heterocycles. The van der Waals surface area contributed by atoms with Crippen molar-refractivity contribution in [2.45, 2.75) is 25.2 Å². The first-order valence-electron chi connectivity index (χ1n) is 6.83. The molecule has 1 aromatic carbocycles. The summed E-state index contributed by atoms with van der Waals surface area (Å²) in [6.07, 6.45) is 3.60. The van der Waals surface area contributed by atoms with E-state index in [4.69, 9.17) is 9.47 Å². The van der Waals surface area contributed by atoms with Gasteiger partial charge >= 0.3 is 0 Å². The molecule has 1 atom stereocenters. The van der Waals surface area contributed by atoms with Gasteiger partial charge in [0, 0.05) is 13.7 Å². The van der Waals surface area contributed by atoms with Crippen molar-refractivity contribution in [3.63, 3.8) is 0 Å². The van der Waals surface area contributed by atoms with E-state index in [0.29, 0.717) is 5.92 Å².